The van der Waals surface area contributed by atoms with E-state index < -0.39 is 0 Å². The lowest BCUT2D eigenvalue weighted by atomic mass is 10.0. The molecule has 2 amide bonds. The Kier molecular flexibility index (Phi) is 3.88. The Hall–Kier alpha value is -2.30. The number of aryl methyl sites for hydroxylation is 3. The van der Waals surface area contributed by atoms with Crippen molar-refractivity contribution in [3.63, 3.8) is 0 Å². The first-order valence-corrected chi connectivity index (χ1v) is 8.03. The molecule has 5 nitrogen and oxygen atoms in total. The van der Waals surface area contributed by atoms with Gasteiger partial charge in [0.05, 0.1) is 0 Å². The van der Waals surface area contributed by atoms with Gasteiger partial charge in [-0.05, 0) is 43.5 Å². The largest absolute Gasteiger partial charge is 0.350 e. The van der Waals surface area contributed by atoms with E-state index in [9.17, 15) is 9.59 Å². The third-order valence-electron chi connectivity index (χ3n) is 4.88. The number of carbonyl (C=O) groups excluding carboxylic acids is 2. The molecule has 0 aliphatic carbocycles. The van der Waals surface area contributed by atoms with Crippen molar-refractivity contribution in [3.8, 4) is 0 Å². The average Bonchev–Trinajstić information content (AvgIpc) is 2.98. The normalized spacial score (nSPS) is 15.3. The minimum atomic E-state index is 0.0147. The molecular weight excluding hydrogens is 290 g/mol. The molecule has 0 bridgehead atoms. The second-order valence-electron chi connectivity index (χ2n) is 6.41. The van der Waals surface area contributed by atoms with Crippen molar-refractivity contribution in [3.05, 3.63) is 34.5 Å². The molecule has 1 aliphatic rings. The summed E-state index contributed by atoms with van der Waals surface area (Å²) in [6.45, 7) is 10.2. The predicted molar refractivity (Wildman–Crippen MR) is 90.7 cm³/mol. The molecule has 0 atom stereocenters. The fraction of sp³-hybridized carbons (Fsp3) is 0.444. The maximum Gasteiger partial charge on any atom is 0.270 e. The molecule has 1 fully saturated rings. The molecule has 2 heterocycles. The number of nitrogens with one attached hydrogen (secondary N) is 1. The number of hydrogen-bond acceptors (Lipinski definition) is 2. The number of aromatic amines is 1. The summed E-state index contributed by atoms with van der Waals surface area (Å²) >= 11 is 0. The van der Waals surface area contributed by atoms with Crippen LogP contribution in [-0.4, -0.2) is 52.8 Å². The lowest BCUT2D eigenvalue weighted by Crippen LogP contribution is -2.50. The summed E-state index contributed by atoms with van der Waals surface area (Å²) in [5.41, 5.74) is 5.28. The molecule has 122 valence electrons. The van der Waals surface area contributed by atoms with Crippen molar-refractivity contribution in [1.29, 1.82) is 0 Å². The second-order valence-corrected chi connectivity index (χ2v) is 6.41. The minimum absolute atomic E-state index is 0.0147. The smallest absolute Gasteiger partial charge is 0.270 e. The molecule has 1 aromatic carbocycles. The van der Waals surface area contributed by atoms with E-state index in [-0.39, 0.29) is 11.8 Å². The Balaban J connectivity index is 1.86. The van der Waals surface area contributed by atoms with Crippen LogP contribution in [0.25, 0.3) is 10.9 Å². The summed E-state index contributed by atoms with van der Waals surface area (Å²) < 4.78 is 0. The fourth-order valence-corrected chi connectivity index (χ4v) is 3.28. The number of benzene rings is 1. The van der Waals surface area contributed by atoms with E-state index in [0.29, 0.717) is 31.9 Å². The van der Waals surface area contributed by atoms with E-state index in [1.54, 1.807) is 11.8 Å². The van der Waals surface area contributed by atoms with Gasteiger partial charge in [0.15, 0.2) is 0 Å². The van der Waals surface area contributed by atoms with Crippen molar-refractivity contribution in [2.24, 2.45) is 0 Å². The first kappa shape index (κ1) is 15.6. The molecule has 1 saturated heterocycles. The van der Waals surface area contributed by atoms with Crippen LogP contribution in [0.3, 0.4) is 0 Å². The number of rotatable bonds is 1. The van der Waals surface area contributed by atoms with Crippen LogP contribution < -0.4 is 0 Å². The molecule has 2 aromatic rings. The molecule has 0 unspecified atom stereocenters. The SMILES string of the molecule is CC(=O)N1CCN(C(=O)c2cc3c(C)cc(C)c(C)c3[nH]2)CC1. The van der Waals surface area contributed by atoms with Gasteiger partial charge < -0.3 is 14.8 Å². The van der Waals surface area contributed by atoms with Crippen molar-refractivity contribution in [1.82, 2.24) is 14.8 Å². The van der Waals surface area contributed by atoms with Gasteiger partial charge in [-0.2, -0.15) is 0 Å². The van der Waals surface area contributed by atoms with Gasteiger partial charge in [-0.3, -0.25) is 9.59 Å². The highest BCUT2D eigenvalue weighted by atomic mass is 16.2. The average molecular weight is 313 g/mol. The van der Waals surface area contributed by atoms with Crippen LogP contribution >= 0.6 is 0 Å². The highest BCUT2D eigenvalue weighted by Gasteiger charge is 2.24. The number of piperazine rings is 1. The maximum atomic E-state index is 12.7. The van der Waals surface area contributed by atoms with Crippen LogP contribution in [0.5, 0.6) is 0 Å². The molecule has 1 aliphatic heterocycles. The van der Waals surface area contributed by atoms with Crippen molar-refractivity contribution in [2.75, 3.05) is 26.2 Å². The first-order chi connectivity index (χ1) is 10.9. The number of aromatic nitrogens is 1. The van der Waals surface area contributed by atoms with Gasteiger partial charge in [0, 0.05) is 44.0 Å². The Labute approximate surface area is 136 Å². The molecule has 5 heteroatoms. The van der Waals surface area contributed by atoms with Gasteiger partial charge in [-0.1, -0.05) is 6.07 Å². The van der Waals surface area contributed by atoms with E-state index in [2.05, 4.69) is 31.8 Å². The predicted octanol–water partition coefficient (Wildman–Crippen LogP) is 2.40. The highest BCUT2D eigenvalue weighted by Crippen LogP contribution is 2.26. The zero-order valence-electron chi connectivity index (χ0n) is 14.2. The summed E-state index contributed by atoms with van der Waals surface area (Å²) in [5.74, 6) is 0.0882. The Morgan fingerprint density at radius 3 is 2.17 bits per heavy atom. The van der Waals surface area contributed by atoms with Crippen LogP contribution in [0.4, 0.5) is 0 Å². The quantitative estimate of drug-likeness (QED) is 0.879. The van der Waals surface area contributed by atoms with E-state index in [4.69, 9.17) is 0 Å². The molecular formula is C18H23N3O2. The highest BCUT2D eigenvalue weighted by molar-refractivity contribution is 6.00. The topological polar surface area (TPSA) is 56.4 Å². The number of fused-ring (bicyclic) bond motifs is 1. The Bertz CT molecular complexity index is 783. The van der Waals surface area contributed by atoms with Crippen molar-refractivity contribution >= 4 is 22.7 Å². The lowest BCUT2D eigenvalue weighted by Gasteiger charge is -2.33. The molecule has 1 N–H and O–H groups in total. The van der Waals surface area contributed by atoms with Gasteiger partial charge in [0.1, 0.15) is 5.69 Å². The Morgan fingerprint density at radius 2 is 1.57 bits per heavy atom. The third kappa shape index (κ3) is 2.71. The maximum absolute atomic E-state index is 12.7. The van der Waals surface area contributed by atoms with Crippen LogP contribution in [0.15, 0.2) is 12.1 Å². The summed E-state index contributed by atoms with van der Waals surface area (Å²) in [5, 5.41) is 1.11. The standard InChI is InChI=1S/C18H23N3O2/c1-11-9-12(2)15-10-16(19-17(15)13(11)3)18(23)21-7-5-20(6-8-21)14(4)22/h9-10,19H,5-8H2,1-4H3. The molecule has 1 aromatic heterocycles. The van der Waals surface area contributed by atoms with Gasteiger partial charge in [-0.25, -0.2) is 0 Å². The Morgan fingerprint density at radius 1 is 0.957 bits per heavy atom. The fourth-order valence-electron chi connectivity index (χ4n) is 3.28. The summed E-state index contributed by atoms with van der Waals surface area (Å²) in [7, 11) is 0. The monoisotopic (exact) mass is 313 g/mol. The molecule has 23 heavy (non-hydrogen) atoms. The first-order valence-electron chi connectivity index (χ1n) is 8.03. The van der Waals surface area contributed by atoms with Gasteiger partial charge >= 0.3 is 0 Å². The zero-order valence-corrected chi connectivity index (χ0v) is 14.2. The van der Waals surface area contributed by atoms with Crippen molar-refractivity contribution < 1.29 is 9.59 Å². The van der Waals surface area contributed by atoms with Crippen LogP contribution in [-0.2, 0) is 4.79 Å². The number of amides is 2. The van der Waals surface area contributed by atoms with Gasteiger partial charge in [-0.15, -0.1) is 0 Å². The molecule has 0 radical (unpaired) electrons. The van der Waals surface area contributed by atoms with E-state index in [0.717, 1.165) is 10.9 Å². The van der Waals surface area contributed by atoms with E-state index in [1.807, 2.05) is 11.0 Å². The molecule has 0 saturated carbocycles. The summed E-state index contributed by atoms with van der Waals surface area (Å²) in [4.78, 5) is 31.0. The third-order valence-corrected chi connectivity index (χ3v) is 4.88. The number of carbonyl (C=O) groups is 2. The van der Waals surface area contributed by atoms with Gasteiger partial charge in [0.25, 0.3) is 5.91 Å². The lowest BCUT2D eigenvalue weighted by molar-refractivity contribution is -0.130. The van der Waals surface area contributed by atoms with Crippen LogP contribution in [0.2, 0.25) is 0 Å². The number of nitrogens with zero attached hydrogens (tertiary/aromatic N) is 2. The van der Waals surface area contributed by atoms with Crippen LogP contribution in [0, 0.1) is 20.8 Å². The van der Waals surface area contributed by atoms with Crippen LogP contribution in [0.1, 0.15) is 34.1 Å². The minimum Gasteiger partial charge on any atom is -0.350 e. The number of hydrogen-bond donors (Lipinski definition) is 1. The van der Waals surface area contributed by atoms with Gasteiger partial charge in [0.2, 0.25) is 5.91 Å². The molecule has 3 rings (SSSR count). The van der Waals surface area contributed by atoms with E-state index >= 15 is 0 Å². The van der Waals surface area contributed by atoms with Crippen molar-refractivity contribution in [2.45, 2.75) is 27.7 Å². The second kappa shape index (κ2) is 5.72. The summed E-state index contributed by atoms with van der Waals surface area (Å²) in [6, 6.07) is 4.11. The number of H-pyrrole nitrogens is 1. The molecule has 0 spiro atoms. The zero-order chi connectivity index (χ0) is 16.7. The van der Waals surface area contributed by atoms with E-state index in [1.165, 1.54) is 16.7 Å². The summed E-state index contributed by atoms with van der Waals surface area (Å²) in [6.07, 6.45) is 0.